The fourth-order valence-corrected chi connectivity index (χ4v) is 2.81. The lowest BCUT2D eigenvalue weighted by Crippen LogP contribution is -2.33. The van der Waals surface area contributed by atoms with Gasteiger partial charge in [-0.2, -0.15) is 5.10 Å². The van der Waals surface area contributed by atoms with E-state index < -0.39 is 12.0 Å². The highest BCUT2D eigenvalue weighted by Gasteiger charge is 2.16. The molecule has 0 saturated carbocycles. The molecular formula is C22H25N3O3. The van der Waals surface area contributed by atoms with Crippen molar-refractivity contribution in [1.82, 2.24) is 15.1 Å². The second-order valence-electron chi connectivity index (χ2n) is 6.91. The molecule has 0 unspecified atom stereocenters. The van der Waals surface area contributed by atoms with Crippen molar-refractivity contribution in [2.75, 3.05) is 0 Å². The molecule has 2 N–H and O–H groups in total. The van der Waals surface area contributed by atoms with Crippen LogP contribution >= 0.6 is 0 Å². The van der Waals surface area contributed by atoms with Gasteiger partial charge in [0.1, 0.15) is 11.8 Å². The van der Waals surface area contributed by atoms with E-state index in [1.807, 2.05) is 79.3 Å². The molecule has 3 rings (SSSR count). The van der Waals surface area contributed by atoms with Crippen molar-refractivity contribution in [3.05, 3.63) is 66.4 Å². The van der Waals surface area contributed by atoms with E-state index in [1.165, 1.54) is 0 Å². The zero-order valence-electron chi connectivity index (χ0n) is 16.3. The highest BCUT2D eigenvalue weighted by atomic mass is 16.5. The smallest absolute Gasteiger partial charge is 0.320 e. The summed E-state index contributed by atoms with van der Waals surface area (Å²) in [4.78, 5) is 11.1. The van der Waals surface area contributed by atoms with Gasteiger partial charge in [0.2, 0.25) is 0 Å². The van der Waals surface area contributed by atoms with Gasteiger partial charge < -0.3 is 15.2 Å². The Morgan fingerprint density at radius 1 is 1.11 bits per heavy atom. The molecule has 0 aliphatic carbocycles. The third-order valence-corrected chi connectivity index (χ3v) is 4.28. The zero-order chi connectivity index (χ0) is 20.1. The molecule has 6 heteroatoms. The number of hydrogen-bond acceptors (Lipinski definition) is 4. The number of nitrogens with one attached hydrogen (secondary N) is 1. The fourth-order valence-electron chi connectivity index (χ4n) is 2.81. The Balaban J connectivity index is 1.93. The van der Waals surface area contributed by atoms with Gasteiger partial charge in [0.15, 0.2) is 0 Å². The van der Waals surface area contributed by atoms with Gasteiger partial charge in [0, 0.05) is 23.9 Å². The Morgan fingerprint density at radius 3 is 2.39 bits per heavy atom. The van der Waals surface area contributed by atoms with Gasteiger partial charge in [-0.05, 0) is 57.2 Å². The number of benzene rings is 2. The van der Waals surface area contributed by atoms with Crippen LogP contribution in [-0.4, -0.2) is 33.0 Å². The van der Waals surface area contributed by atoms with Crippen molar-refractivity contribution in [1.29, 1.82) is 0 Å². The third kappa shape index (κ3) is 4.78. The minimum Gasteiger partial charge on any atom is -0.491 e. The number of ether oxygens (including phenoxy) is 1. The predicted octanol–water partition coefficient (Wildman–Crippen LogP) is 3.89. The molecule has 146 valence electrons. The summed E-state index contributed by atoms with van der Waals surface area (Å²) in [6.45, 7) is 6.01. The van der Waals surface area contributed by atoms with E-state index in [0.717, 1.165) is 28.3 Å². The largest absolute Gasteiger partial charge is 0.491 e. The number of carbonyl (C=O) groups is 1. The first-order valence-electron chi connectivity index (χ1n) is 9.31. The highest BCUT2D eigenvalue weighted by molar-refractivity contribution is 5.73. The van der Waals surface area contributed by atoms with E-state index >= 15 is 0 Å². The number of rotatable bonds is 8. The number of carboxylic acids is 1. The Hall–Kier alpha value is -3.12. The van der Waals surface area contributed by atoms with Gasteiger partial charge in [-0.25, -0.2) is 4.68 Å². The minimum absolute atomic E-state index is 0.111. The molecule has 0 spiro atoms. The second-order valence-corrected chi connectivity index (χ2v) is 6.91. The summed E-state index contributed by atoms with van der Waals surface area (Å²) < 4.78 is 7.53. The topological polar surface area (TPSA) is 76.4 Å². The van der Waals surface area contributed by atoms with Crippen LogP contribution in [0.15, 0.2) is 60.8 Å². The van der Waals surface area contributed by atoms with Gasteiger partial charge in [-0.1, -0.05) is 18.2 Å². The zero-order valence-corrected chi connectivity index (χ0v) is 16.3. The maximum Gasteiger partial charge on any atom is 0.320 e. The van der Waals surface area contributed by atoms with Crippen LogP contribution in [0, 0.1) is 0 Å². The molecule has 0 saturated heterocycles. The standard InChI is InChI=1S/C22H25N3O3/c1-15(2)28-20-11-9-17(10-12-20)21-18(13-23-16(3)22(26)27)14-25(24-21)19-7-5-4-6-8-19/h4-12,14-16,23H,13H2,1-3H3,(H,26,27)/t16-/m0/s1. The maximum atomic E-state index is 11.1. The molecule has 2 aromatic carbocycles. The van der Waals surface area contributed by atoms with Crippen LogP contribution in [0.4, 0.5) is 0 Å². The van der Waals surface area contributed by atoms with E-state index in [2.05, 4.69) is 5.32 Å². The molecule has 1 heterocycles. The Kier molecular flexibility index (Phi) is 6.11. The van der Waals surface area contributed by atoms with E-state index in [0.29, 0.717) is 6.54 Å². The first-order chi connectivity index (χ1) is 13.4. The minimum atomic E-state index is -0.882. The molecular weight excluding hydrogens is 354 g/mol. The summed E-state index contributed by atoms with van der Waals surface area (Å²) >= 11 is 0. The fraction of sp³-hybridized carbons (Fsp3) is 0.273. The highest BCUT2D eigenvalue weighted by Crippen LogP contribution is 2.26. The van der Waals surface area contributed by atoms with Crippen molar-refractivity contribution in [2.24, 2.45) is 0 Å². The number of aliphatic carboxylic acids is 1. The first kappa shape index (κ1) is 19.6. The van der Waals surface area contributed by atoms with Crippen molar-refractivity contribution in [3.63, 3.8) is 0 Å². The second kappa shape index (κ2) is 8.71. The lowest BCUT2D eigenvalue weighted by Gasteiger charge is -2.11. The van der Waals surface area contributed by atoms with Crippen LogP contribution in [-0.2, 0) is 11.3 Å². The van der Waals surface area contributed by atoms with E-state index in [4.69, 9.17) is 14.9 Å². The summed E-state index contributed by atoms with van der Waals surface area (Å²) in [5.41, 5.74) is 3.63. The number of para-hydroxylation sites is 1. The third-order valence-electron chi connectivity index (χ3n) is 4.28. The predicted molar refractivity (Wildman–Crippen MR) is 109 cm³/mol. The van der Waals surface area contributed by atoms with Crippen molar-refractivity contribution >= 4 is 5.97 Å². The van der Waals surface area contributed by atoms with Crippen LogP contribution in [0.25, 0.3) is 16.9 Å². The monoisotopic (exact) mass is 379 g/mol. The molecule has 0 radical (unpaired) electrons. The SMILES string of the molecule is CC(C)Oc1ccc(-c2nn(-c3ccccc3)cc2CN[C@@H](C)C(=O)O)cc1. The van der Waals surface area contributed by atoms with E-state index in [9.17, 15) is 4.79 Å². The molecule has 1 aromatic heterocycles. The Labute approximate surface area is 164 Å². The molecule has 6 nitrogen and oxygen atoms in total. The van der Waals surface area contributed by atoms with Crippen LogP contribution in [0.5, 0.6) is 5.75 Å². The van der Waals surface area contributed by atoms with Crippen molar-refractivity contribution in [3.8, 4) is 22.7 Å². The Bertz CT molecular complexity index is 918. The molecule has 0 amide bonds. The summed E-state index contributed by atoms with van der Waals surface area (Å²) in [6, 6.07) is 17.0. The van der Waals surface area contributed by atoms with Gasteiger partial charge >= 0.3 is 5.97 Å². The number of nitrogens with zero attached hydrogens (tertiary/aromatic N) is 2. The number of aromatic nitrogens is 2. The molecule has 28 heavy (non-hydrogen) atoms. The van der Waals surface area contributed by atoms with Gasteiger partial charge in [-0.15, -0.1) is 0 Å². The summed E-state index contributed by atoms with van der Waals surface area (Å²) in [7, 11) is 0. The van der Waals surface area contributed by atoms with Gasteiger partial charge in [0.05, 0.1) is 17.5 Å². The van der Waals surface area contributed by atoms with E-state index in [1.54, 1.807) is 6.92 Å². The molecule has 1 atom stereocenters. The normalized spacial score (nSPS) is 12.1. The van der Waals surface area contributed by atoms with Crippen molar-refractivity contribution in [2.45, 2.75) is 39.5 Å². The van der Waals surface area contributed by atoms with Crippen LogP contribution < -0.4 is 10.1 Å². The molecule has 0 bridgehead atoms. The number of hydrogen-bond donors (Lipinski definition) is 2. The molecule has 0 fully saturated rings. The van der Waals surface area contributed by atoms with Gasteiger partial charge in [-0.3, -0.25) is 4.79 Å². The number of carboxylic acid groups (broad SMARTS) is 1. The lowest BCUT2D eigenvalue weighted by atomic mass is 10.1. The molecule has 3 aromatic rings. The maximum absolute atomic E-state index is 11.1. The summed E-state index contributed by atoms with van der Waals surface area (Å²) in [5, 5.41) is 16.9. The van der Waals surface area contributed by atoms with Crippen LogP contribution in [0.2, 0.25) is 0 Å². The van der Waals surface area contributed by atoms with Crippen LogP contribution in [0.1, 0.15) is 26.3 Å². The average Bonchev–Trinajstić information content (AvgIpc) is 3.11. The lowest BCUT2D eigenvalue weighted by molar-refractivity contribution is -0.139. The first-order valence-corrected chi connectivity index (χ1v) is 9.31. The molecule has 0 aliphatic heterocycles. The Morgan fingerprint density at radius 2 is 1.79 bits per heavy atom. The van der Waals surface area contributed by atoms with Crippen LogP contribution in [0.3, 0.4) is 0 Å². The van der Waals surface area contributed by atoms with Gasteiger partial charge in [0.25, 0.3) is 0 Å². The average molecular weight is 379 g/mol. The van der Waals surface area contributed by atoms with E-state index in [-0.39, 0.29) is 6.10 Å². The van der Waals surface area contributed by atoms with Crippen molar-refractivity contribution < 1.29 is 14.6 Å². The molecule has 0 aliphatic rings. The summed E-state index contributed by atoms with van der Waals surface area (Å²) in [6.07, 6.45) is 2.05. The summed E-state index contributed by atoms with van der Waals surface area (Å²) in [5.74, 6) is -0.0763. The quantitative estimate of drug-likeness (QED) is 0.621.